The Hall–Kier alpha value is -4.57. The van der Waals surface area contributed by atoms with Gasteiger partial charge >= 0.3 is 17.9 Å². The Morgan fingerprint density at radius 2 is 0.613 bits per heavy atom. The van der Waals surface area contributed by atoms with Gasteiger partial charge in [0.05, 0.1) is 34.4 Å². The summed E-state index contributed by atoms with van der Waals surface area (Å²) in [5.74, 6) is -2.01. The molecule has 0 aromatic heterocycles. The van der Waals surface area contributed by atoms with Crippen LogP contribution in [0, 0.1) is 0 Å². The molecule has 2 unspecified atom stereocenters. The quantitative estimate of drug-likeness (QED) is 0.0211. The molecule has 0 amide bonds. The SMILES string of the molecule is CC/C=C\C/C=C\C/C=C\C/C=C\C/C=C\C/C=C\C/C=C\C/C=C\C/C=C\CCCCCCCCCCCC(=O)OC(COC(=O)CCCCCCCCCCCCCCCCCCCCC/C=C\C/C=C\CCCCCCC)COC(OCC[N+](C)(C)C)C(=O)O. The Morgan fingerprint density at radius 3 is 0.914 bits per heavy atom. The van der Waals surface area contributed by atoms with Crippen LogP contribution in [0.15, 0.2) is 134 Å². The van der Waals surface area contributed by atoms with Gasteiger partial charge in [0.25, 0.3) is 6.29 Å². The lowest BCUT2D eigenvalue weighted by Crippen LogP contribution is -2.40. The van der Waals surface area contributed by atoms with Crippen LogP contribution in [0.3, 0.4) is 0 Å². The summed E-state index contributed by atoms with van der Waals surface area (Å²) in [6.07, 6.45) is 103. The molecule has 2 atom stereocenters. The van der Waals surface area contributed by atoms with Crippen LogP contribution in [-0.2, 0) is 33.3 Å². The molecule has 1 N–H and O–H groups in total. The maximum absolute atomic E-state index is 13.0. The number of likely N-dealkylation sites (N-methyl/N-ethyl adjacent to an activating group) is 1. The standard InChI is InChI=1S/C84H143NO8/c1-6-8-10-12-14-16-18-20-22-24-26-28-30-32-34-36-38-39-40-41-42-43-45-47-49-51-53-55-57-59-61-63-65-67-69-71-73-75-82(87)93-80(79-92-84(83(88)89)90-77-76-85(3,4)5)78-91-81(86)74-72-70-68-66-64-62-60-58-56-54-52-50-48-46-44-37-35-33-31-29-27-25-23-21-19-17-15-13-11-9-7-2/h8,10,14,16,19-22,25-28,32,34,38-39,41-42,45,47,51,53,80,84H,6-7,9,11-13,15,17-18,23-24,29-31,33,35-37,40,43-44,46,48-50,52,54-79H2,1-5H3/p+1/b10-8-,16-14-,21-19-,22-20-,27-25-,28-26-,34-32-,39-38-,42-41-,47-45-,53-51-. The fraction of sp³-hybridized carbons (Fsp3) is 0.702. The predicted octanol–water partition coefficient (Wildman–Crippen LogP) is 24.5. The van der Waals surface area contributed by atoms with Crippen molar-refractivity contribution in [1.82, 2.24) is 0 Å². The molecule has 9 heteroatoms. The summed E-state index contributed by atoms with van der Waals surface area (Å²) in [6.45, 7) is 4.77. The molecule has 0 aromatic rings. The van der Waals surface area contributed by atoms with E-state index in [1.54, 1.807) is 0 Å². The number of rotatable bonds is 70. The van der Waals surface area contributed by atoms with Gasteiger partial charge in [0.1, 0.15) is 13.2 Å². The van der Waals surface area contributed by atoms with Gasteiger partial charge in [0.2, 0.25) is 0 Å². The number of unbranched alkanes of at least 4 members (excludes halogenated alkanes) is 33. The molecule has 532 valence electrons. The van der Waals surface area contributed by atoms with Crippen LogP contribution in [0.2, 0.25) is 0 Å². The predicted molar refractivity (Wildman–Crippen MR) is 401 cm³/mol. The van der Waals surface area contributed by atoms with Crippen molar-refractivity contribution in [3.05, 3.63) is 134 Å². The highest BCUT2D eigenvalue weighted by Crippen LogP contribution is 2.18. The lowest BCUT2D eigenvalue weighted by molar-refractivity contribution is -0.870. The molecular formula is C84H144NO8+. The van der Waals surface area contributed by atoms with Crippen molar-refractivity contribution in [3.63, 3.8) is 0 Å². The molecular weight excluding hydrogens is 1150 g/mol. The van der Waals surface area contributed by atoms with Crippen molar-refractivity contribution in [2.45, 2.75) is 334 Å². The topological polar surface area (TPSA) is 108 Å². The van der Waals surface area contributed by atoms with Crippen LogP contribution in [0.4, 0.5) is 0 Å². The molecule has 0 aromatic carbocycles. The second kappa shape index (κ2) is 73.2. The smallest absolute Gasteiger partial charge is 0.361 e. The molecule has 0 aliphatic rings. The fourth-order valence-electron chi connectivity index (χ4n) is 10.6. The van der Waals surface area contributed by atoms with E-state index in [2.05, 4.69) is 148 Å². The number of esters is 2. The first kappa shape index (κ1) is 88.4. The van der Waals surface area contributed by atoms with Crippen LogP contribution >= 0.6 is 0 Å². The summed E-state index contributed by atoms with van der Waals surface area (Å²) >= 11 is 0. The molecule has 93 heavy (non-hydrogen) atoms. The second-order valence-corrected chi connectivity index (χ2v) is 26.6. The third-order valence-corrected chi connectivity index (χ3v) is 16.4. The molecule has 0 radical (unpaired) electrons. The zero-order valence-electron chi connectivity index (χ0n) is 60.9. The zero-order valence-corrected chi connectivity index (χ0v) is 60.9. The van der Waals surface area contributed by atoms with Crippen LogP contribution in [0.1, 0.15) is 322 Å². The van der Waals surface area contributed by atoms with E-state index < -0.39 is 24.3 Å². The summed E-state index contributed by atoms with van der Waals surface area (Å²) < 4.78 is 23.0. The summed E-state index contributed by atoms with van der Waals surface area (Å²) in [5.41, 5.74) is 0. The molecule has 0 spiro atoms. The lowest BCUT2D eigenvalue weighted by atomic mass is 10.0. The molecule has 0 aliphatic heterocycles. The zero-order chi connectivity index (χ0) is 67.5. The van der Waals surface area contributed by atoms with E-state index in [1.807, 2.05) is 21.1 Å². The number of carbonyl (C=O) groups excluding carboxylic acids is 2. The Balaban J connectivity index is 4.11. The minimum absolute atomic E-state index is 0.182. The van der Waals surface area contributed by atoms with Gasteiger partial charge in [-0.15, -0.1) is 0 Å². The number of carbonyl (C=O) groups is 3. The lowest BCUT2D eigenvalue weighted by Gasteiger charge is -2.25. The largest absolute Gasteiger partial charge is 0.477 e. The first-order chi connectivity index (χ1) is 45.6. The van der Waals surface area contributed by atoms with Gasteiger partial charge in [-0.1, -0.05) is 327 Å². The van der Waals surface area contributed by atoms with Crippen molar-refractivity contribution in [2.24, 2.45) is 0 Å². The number of quaternary nitrogens is 1. The fourth-order valence-corrected chi connectivity index (χ4v) is 10.6. The number of hydrogen-bond acceptors (Lipinski definition) is 7. The van der Waals surface area contributed by atoms with Crippen LogP contribution in [0.5, 0.6) is 0 Å². The molecule has 9 nitrogen and oxygen atoms in total. The van der Waals surface area contributed by atoms with Crippen molar-refractivity contribution in [3.8, 4) is 0 Å². The highest BCUT2D eigenvalue weighted by Gasteiger charge is 2.25. The average molecular weight is 1300 g/mol. The second-order valence-electron chi connectivity index (χ2n) is 26.6. The molecule has 0 aliphatic carbocycles. The number of carboxylic acids is 1. The molecule has 0 rings (SSSR count). The number of aliphatic carboxylic acids is 1. The minimum atomic E-state index is -1.52. The van der Waals surface area contributed by atoms with E-state index in [0.717, 1.165) is 109 Å². The van der Waals surface area contributed by atoms with Crippen molar-refractivity contribution in [2.75, 3.05) is 47.5 Å². The van der Waals surface area contributed by atoms with Gasteiger partial charge in [-0.3, -0.25) is 9.59 Å². The van der Waals surface area contributed by atoms with Gasteiger partial charge in [-0.05, 0) is 116 Å². The normalized spacial score (nSPS) is 13.4. The Bertz CT molecular complexity index is 2000. The minimum Gasteiger partial charge on any atom is -0.477 e. The Morgan fingerprint density at radius 1 is 0.333 bits per heavy atom. The van der Waals surface area contributed by atoms with E-state index >= 15 is 0 Å². The van der Waals surface area contributed by atoms with E-state index in [1.165, 1.54) is 180 Å². The van der Waals surface area contributed by atoms with Gasteiger partial charge in [0, 0.05) is 12.8 Å². The third-order valence-electron chi connectivity index (χ3n) is 16.4. The maximum Gasteiger partial charge on any atom is 0.361 e. The number of carboxylic acid groups (broad SMARTS) is 1. The molecule has 0 heterocycles. The molecule has 0 saturated carbocycles. The summed E-state index contributed by atoms with van der Waals surface area (Å²) in [5, 5.41) is 9.77. The molecule has 0 fully saturated rings. The highest BCUT2D eigenvalue weighted by atomic mass is 16.7. The average Bonchev–Trinajstić information content (AvgIpc) is 3.73. The number of nitrogens with zero attached hydrogens (tertiary/aromatic N) is 1. The van der Waals surface area contributed by atoms with Gasteiger partial charge in [0.15, 0.2) is 6.10 Å². The van der Waals surface area contributed by atoms with Gasteiger partial charge in [-0.2, -0.15) is 0 Å². The van der Waals surface area contributed by atoms with E-state index in [4.69, 9.17) is 18.9 Å². The van der Waals surface area contributed by atoms with Crippen LogP contribution in [0.25, 0.3) is 0 Å². The first-order valence-electron chi connectivity index (χ1n) is 38.3. The van der Waals surface area contributed by atoms with Crippen molar-refractivity contribution < 1.29 is 42.9 Å². The van der Waals surface area contributed by atoms with Crippen molar-refractivity contribution in [1.29, 1.82) is 0 Å². The van der Waals surface area contributed by atoms with Gasteiger partial charge in [-0.25, -0.2) is 4.79 Å². The molecule has 0 saturated heterocycles. The van der Waals surface area contributed by atoms with E-state index in [0.29, 0.717) is 23.9 Å². The van der Waals surface area contributed by atoms with Crippen LogP contribution < -0.4 is 0 Å². The summed E-state index contributed by atoms with van der Waals surface area (Å²) in [7, 11) is 5.98. The number of allylic oxidation sites excluding steroid dienone is 22. The monoisotopic (exact) mass is 1300 g/mol. The van der Waals surface area contributed by atoms with E-state index in [9.17, 15) is 19.5 Å². The number of hydrogen-bond donors (Lipinski definition) is 1. The Labute approximate surface area is 573 Å². The maximum atomic E-state index is 13.0. The third kappa shape index (κ3) is 74.7. The van der Waals surface area contributed by atoms with Crippen LogP contribution in [-0.4, -0.2) is 87.4 Å². The molecule has 0 bridgehead atoms. The first-order valence-corrected chi connectivity index (χ1v) is 38.3. The van der Waals surface area contributed by atoms with E-state index in [-0.39, 0.29) is 32.2 Å². The summed E-state index contributed by atoms with van der Waals surface area (Å²) in [6, 6.07) is 0. The van der Waals surface area contributed by atoms with Crippen molar-refractivity contribution >= 4 is 17.9 Å². The number of ether oxygens (including phenoxy) is 4. The highest BCUT2D eigenvalue weighted by molar-refractivity contribution is 5.71. The summed E-state index contributed by atoms with van der Waals surface area (Å²) in [4.78, 5) is 37.7. The Kier molecular flexibility index (Phi) is 69.6. The van der Waals surface area contributed by atoms with Gasteiger partial charge < -0.3 is 28.5 Å².